The lowest BCUT2D eigenvalue weighted by molar-refractivity contribution is 0.102. The molecule has 9 heteroatoms. The molecule has 0 saturated carbocycles. The van der Waals surface area contributed by atoms with Crippen LogP contribution in [0.1, 0.15) is 22.3 Å². The summed E-state index contributed by atoms with van der Waals surface area (Å²) in [6.45, 7) is 3.17. The van der Waals surface area contributed by atoms with Crippen molar-refractivity contribution in [3.05, 3.63) is 58.9 Å². The molecule has 2 N–H and O–H groups in total. The molecule has 0 aliphatic heterocycles. The molecule has 146 valence electrons. The molecule has 0 bridgehead atoms. The number of aromatic nitrogens is 1. The number of carbonyl (C=O) groups excluding carboxylic acids is 1. The van der Waals surface area contributed by atoms with Gasteiger partial charge in [0.1, 0.15) is 21.5 Å². The van der Waals surface area contributed by atoms with Gasteiger partial charge in [0.2, 0.25) is 0 Å². The molecule has 28 heavy (non-hydrogen) atoms. The molecule has 3 rings (SSSR count). The zero-order valence-corrected chi connectivity index (χ0v) is 16.7. The highest BCUT2D eigenvalue weighted by Gasteiger charge is 2.19. The summed E-state index contributed by atoms with van der Waals surface area (Å²) >= 11 is 1.12. The first-order chi connectivity index (χ1) is 13.2. The highest BCUT2D eigenvalue weighted by atomic mass is 32.2. The molecule has 0 spiro atoms. The predicted molar refractivity (Wildman–Crippen MR) is 106 cm³/mol. The molecular weight excluding hydrogens is 403 g/mol. The number of hydrogen-bond donors (Lipinski definition) is 2. The van der Waals surface area contributed by atoms with Gasteiger partial charge in [-0.25, -0.2) is 17.8 Å². The minimum absolute atomic E-state index is 0.00402. The van der Waals surface area contributed by atoms with Crippen LogP contribution in [0.5, 0.6) is 5.75 Å². The normalized spacial score (nSPS) is 11.4. The molecular formula is C19H17FN2O4S2. The molecule has 2 aromatic carbocycles. The standard InChI is InChI=1S/C19H17FN2O4S2/c1-3-28(25,26)14-8-9-16(23)15(10-14)22-18(24)17-11(2)21-19(27-17)12-4-6-13(20)7-5-12/h4-10,23H,3H2,1-2H3,(H,22,24). The van der Waals surface area contributed by atoms with Crippen LogP contribution in [0.3, 0.4) is 0 Å². The first-order valence-electron chi connectivity index (χ1n) is 8.31. The number of amides is 1. The summed E-state index contributed by atoms with van der Waals surface area (Å²) in [4.78, 5) is 17.3. The number of benzene rings is 2. The van der Waals surface area contributed by atoms with E-state index in [4.69, 9.17) is 0 Å². The van der Waals surface area contributed by atoms with Gasteiger partial charge in [-0.1, -0.05) is 6.92 Å². The van der Waals surface area contributed by atoms with E-state index in [0.717, 1.165) is 11.3 Å². The van der Waals surface area contributed by atoms with Crippen LogP contribution >= 0.6 is 11.3 Å². The van der Waals surface area contributed by atoms with Gasteiger partial charge in [0.05, 0.1) is 22.0 Å². The van der Waals surface area contributed by atoms with E-state index in [1.165, 1.54) is 37.3 Å². The van der Waals surface area contributed by atoms with Gasteiger partial charge in [-0.15, -0.1) is 11.3 Å². The van der Waals surface area contributed by atoms with E-state index < -0.39 is 15.7 Å². The molecule has 0 unspecified atom stereocenters. The second-order valence-electron chi connectivity index (χ2n) is 5.98. The molecule has 0 radical (unpaired) electrons. The number of anilines is 1. The number of thiazole rings is 1. The summed E-state index contributed by atoms with van der Waals surface area (Å²) in [6, 6.07) is 9.49. The van der Waals surface area contributed by atoms with Crippen LogP contribution in [-0.2, 0) is 9.84 Å². The maximum atomic E-state index is 13.1. The fourth-order valence-corrected chi connectivity index (χ4v) is 4.35. The third-order valence-corrected chi connectivity index (χ3v) is 6.99. The Kier molecular flexibility index (Phi) is 5.48. The molecule has 0 aliphatic carbocycles. The van der Waals surface area contributed by atoms with Crippen LogP contribution in [-0.4, -0.2) is 30.2 Å². The second-order valence-corrected chi connectivity index (χ2v) is 9.25. The van der Waals surface area contributed by atoms with Crippen molar-refractivity contribution in [1.82, 2.24) is 4.98 Å². The van der Waals surface area contributed by atoms with Gasteiger partial charge < -0.3 is 10.4 Å². The van der Waals surface area contributed by atoms with E-state index in [-0.39, 0.29) is 27.9 Å². The number of aryl methyl sites for hydroxylation is 1. The third kappa shape index (κ3) is 4.05. The van der Waals surface area contributed by atoms with Crippen molar-refractivity contribution in [2.45, 2.75) is 18.7 Å². The van der Waals surface area contributed by atoms with Crippen LogP contribution in [0.25, 0.3) is 10.6 Å². The predicted octanol–water partition coefficient (Wildman–Crippen LogP) is 4.01. The summed E-state index contributed by atoms with van der Waals surface area (Å²) < 4.78 is 37.1. The summed E-state index contributed by atoms with van der Waals surface area (Å²) in [5.41, 5.74) is 1.14. The number of nitrogens with one attached hydrogen (secondary N) is 1. The molecule has 6 nitrogen and oxygen atoms in total. The van der Waals surface area contributed by atoms with Gasteiger partial charge in [-0.3, -0.25) is 4.79 Å². The van der Waals surface area contributed by atoms with Crippen molar-refractivity contribution in [3.8, 4) is 16.3 Å². The summed E-state index contributed by atoms with van der Waals surface area (Å²) in [6.07, 6.45) is 0. The monoisotopic (exact) mass is 420 g/mol. The Hall–Kier alpha value is -2.78. The van der Waals surface area contributed by atoms with Crippen molar-refractivity contribution in [1.29, 1.82) is 0 Å². The zero-order chi connectivity index (χ0) is 20.5. The number of nitrogens with zero attached hydrogens (tertiary/aromatic N) is 1. The molecule has 1 heterocycles. The second kappa shape index (κ2) is 7.69. The van der Waals surface area contributed by atoms with Crippen molar-refractivity contribution in [3.63, 3.8) is 0 Å². The Bertz CT molecular complexity index is 1140. The van der Waals surface area contributed by atoms with E-state index in [0.29, 0.717) is 21.1 Å². The van der Waals surface area contributed by atoms with Crippen LogP contribution in [0.4, 0.5) is 10.1 Å². The minimum atomic E-state index is -3.48. The van der Waals surface area contributed by atoms with Crippen molar-refractivity contribution in [2.24, 2.45) is 0 Å². The number of halogens is 1. The molecule has 3 aromatic rings. The minimum Gasteiger partial charge on any atom is -0.506 e. The Morgan fingerprint density at radius 3 is 2.54 bits per heavy atom. The number of phenols is 1. The zero-order valence-electron chi connectivity index (χ0n) is 15.1. The van der Waals surface area contributed by atoms with Gasteiger partial charge in [0, 0.05) is 5.56 Å². The number of sulfone groups is 1. The smallest absolute Gasteiger partial charge is 0.267 e. The molecule has 0 atom stereocenters. The summed E-state index contributed by atoms with van der Waals surface area (Å²) in [7, 11) is -3.48. The summed E-state index contributed by atoms with van der Waals surface area (Å²) in [5.74, 6) is -1.23. The molecule has 1 amide bonds. The van der Waals surface area contributed by atoms with Crippen LogP contribution in [0, 0.1) is 12.7 Å². The quantitative estimate of drug-likeness (QED) is 0.608. The van der Waals surface area contributed by atoms with Crippen LogP contribution < -0.4 is 5.32 Å². The van der Waals surface area contributed by atoms with E-state index in [9.17, 15) is 22.7 Å². The van der Waals surface area contributed by atoms with Gasteiger partial charge in [0.15, 0.2) is 9.84 Å². The lowest BCUT2D eigenvalue weighted by Crippen LogP contribution is -2.12. The van der Waals surface area contributed by atoms with E-state index in [2.05, 4.69) is 10.3 Å². The number of carbonyl (C=O) groups is 1. The first kappa shape index (κ1) is 20.0. The summed E-state index contributed by atoms with van der Waals surface area (Å²) in [5, 5.41) is 13.1. The van der Waals surface area contributed by atoms with Crippen molar-refractivity contribution in [2.75, 3.05) is 11.1 Å². The Morgan fingerprint density at radius 2 is 1.89 bits per heavy atom. The van der Waals surface area contributed by atoms with Crippen molar-refractivity contribution >= 4 is 32.8 Å². The van der Waals surface area contributed by atoms with Crippen LogP contribution in [0.2, 0.25) is 0 Å². The Morgan fingerprint density at radius 1 is 1.21 bits per heavy atom. The average Bonchev–Trinajstić information content (AvgIpc) is 3.05. The first-order valence-corrected chi connectivity index (χ1v) is 10.8. The van der Waals surface area contributed by atoms with Gasteiger partial charge in [-0.2, -0.15) is 0 Å². The third-order valence-electron chi connectivity index (χ3n) is 4.05. The number of rotatable bonds is 5. The topological polar surface area (TPSA) is 96.4 Å². The highest BCUT2D eigenvalue weighted by molar-refractivity contribution is 7.91. The number of aromatic hydroxyl groups is 1. The molecule has 0 fully saturated rings. The molecule has 1 aromatic heterocycles. The van der Waals surface area contributed by atoms with E-state index in [1.807, 2.05) is 0 Å². The van der Waals surface area contributed by atoms with Gasteiger partial charge in [0.25, 0.3) is 5.91 Å². The fraction of sp³-hybridized carbons (Fsp3) is 0.158. The Labute approximate surface area is 165 Å². The van der Waals surface area contributed by atoms with E-state index in [1.54, 1.807) is 19.1 Å². The SMILES string of the molecule is CCS(=O)(=O)c1ccc(O)c(NC(=O)c2sc(-c3ccc(F)cc3)nc2C)c1. The average molecular weight is 420 g/mol. The van der Waals surface area contributed by atoms with Crippen LogP contribution in [0.15, 0.2) is 47.4 Å². The van der Waals surface area contributed by atoms with Gasteiger partial charge >= 0.3 is 0 Å². The highest BCUT2D eigenvalue weighted by Crippen LogP contribution is 2.31. The Balaban J connectivity index is 1.90. The lowest BCUT2D eigenvalue weighted by atomic mass is 10.2. The largest absolute Gasteiger partial charge is 0.506 e. The molecule has 0 saturated heterocycles. The fourth-order valence-electron chi connectivity index (χ4n) is 2.48. The maximum Gasteiger partial charge on any atom is 0.267 e. The van der Waals surface area contributed by atoms with E-state index >= 15 is 0 Å². The lowest BCUT2D eigenvalue weighted by Gasteiger charge is -2.09. The number of phenolic OH excluding ortho intramolecular Hbond substituents is 1. The van der Waals surface area contributed by atoms with Gasteiger partial charge in [-0.05, 0) is 49.4 Å². The number of hydrogen-bond acceptors (Lipinski definition) is 6. The maximum absolute atomic E-state index is 13.1. The van der Waals surface area contributed by atoms with Crippen molar-refractivity contribution < 1.29 is 22.7 Å². The molecule has 0 aliphatic rings.